The summed E-state index contributed by atoms with van der Waals surface area (Å²) < 4.78 is 5.87. The van der Waals surface area contributed by atoms with Crippen LogP contribution in [0.2, 0.25) is 0 Å². The number of carbonyl (C=O) groups is 4. The summed E-state index contributed by atoms with van der Waals surface area (Å²) in [6, 6.07) is 14.1. The van der Waals surface area contributed by atoms with E-state index in [9.17, 15) is 29.1 Å². The van der Waals surface area contributed by atoms with Gasteiger partial charge in [-0.3, -0.25) is 28.9 Å². The topological polar surface area (TPSA) is 146 Å². The van der Waals surface area contributed by atoms with Crippen molar-refractivity contribution in [3.8, 4) is 5.75 Å². The van der Waals surface area contributed by atoms with Gasteiger partial charge in [-0.1, -0.05) is 59.0 Å². The average molecular weight is 540 g/mol. The number of thioether (sulfide) groups is 1. The van der Waals surface area contributed by atoms with E-state index in [1.54, 1.807) is 36.4 Å². The molecule has 10 nitrogen and oxygen atoms in total. The van der Waals surface area contributed by atoms with E-state index < -0.39 is 41.4 Å². The zero-order valence-electron chi connectivity index (χ0n) is 19.4. The van der Waals surface area contributed by atoms with Gasteiger partial charge in [0.2, 0.25) is 11.8 Å². The highest BCUT2D eigenvalue weighted by atomic mass is 32.2. The summed E-state index contributed by atoms with van der Waals surface area (Å²) in [5, 5.41) is 11.6. The third kappa shape index (κ3) is 4.77. The van der Waals surface area contributed by atoms with Crippen LogP contribution in [0.25, 0.3) is 0 Å². The number of rotatable bonds is 7. The Balaban J connectivity index is 1.46. The number of anilines is 1. The van der Waals surface area contributed by atoms with Gasteiger partial charge in [0.25, 0.3) is 5.91 Å². The molecule has 12 heteroatoms. The number of imide groups is 1. The minimum atomic E-state index is -1.30. The summed E-state index contributed by atoms with van der Waals surface area (Å²) in [5.74, 6) is -4.26. The molecule has 1 saturated heterocycles. The van der Waals surface area contributed by atoms with Gasteiger partial charge in [0.1, 0.15) is 17.5 Å². The molecule has 1 fully saturated rings. The van der Waals surface area contributed by atoms with Gasteiger partial charge in [-0.2, -0.15) is 0 Å². The molecule has 37 heavy (non-hydrogen) atoms. The number of aryl methyl sites for hydroxylation is 1. The maximum absolute atomic E-state index is 13.3. The summed E-state index contributed by atoms with van der Waals surface area (Å²) in [5.41, 5.74) is 2.20. The van der Waals surface area contributed by atoms with E-state index in [4.69, 9.17) is 4.74 Å². The van der Waals surface area contributed by atoms with Crippen LogP contribution >= 0.6 is 23.1 Å². The predicted molar refractivity (Wildman–Crippen MR) is 136 cm³/mol. The number of thiazole rings is 1. The number of hydrogen-bond donors (Lipinski definition) is 3. The van der Waals surface area contributed by atoms with E-state index in [-0.39, 0.29) is 17.4 Å². The lowest BCUT2D eigenvalue weighted by Gasteiger charge is -2.30. The smallest absolute Gasteiger partial charge is 0.323 e. The Kier molecular flexibility index (Phi) is 6.61. The normalized spacial score (nSPS) is 20.4. The first-order chi connectivity index (χ1) is 17.7. The molecule has 1 aromatic heterocycles. The second kappa shape index (κ2) is 9.87. The maximum Gasteiger partial charge on any atom is 0.323 e. The number of carboxylic acids is 1. The van der Waals surface area contributed by atoms with E-state index in [0.717, 1.165) is 33.6 Å². The molecule has 3 N–H and O–H groups in total. The molecule has 2 aliphatic rings. The zero-order valence-corrected chi connectivity index (χ0v) is 21.1. The molecule has 3 amide bonds. The number of amides is 3. The summed E-state index contributed by atoms with van der Waals surface area (Å²) in [7, 11) is 0. The standard InChI is InChI=1S/C25H21N3O7S2/c1-12-6-8-13(9-7-12)26-16(29)11-35-15-5-3-2-4-14(15)18-19-21(36-22-20(18)37-25(34)27-22)24(33)28(23(19)32)10-17(30)31/h2-9,18-19,21H,10-11H2,1H3,(H,26,29)(H,27,34)(H,30,31)/t18-,19?,21?/m0/s1. The number of fused-ring (bicyclic) bond motifs is 2. The van der Waals surface area contributed by atoms with Crippen LogP contribution in [0, 0.1) is 12.8 Å². The second-order valence-electron chi connectivity index (χ2n) is 8.65. The molecule has 3 aromatic rings. The number of nitrogens with one attached hydrogen (secondary N) is 2. The minimum absolute atomic E-state index is 0.311. The average Bonchev–Trinajstić information content (AvgIpc) is 3.35. The fraction of sp³-hybridized carbons (Fsp3) is 0.240. The van der Waals surface area contributed by atoms with Gasteiger partial charge in [-0.25, -0.2) is 0 Å². The van der Waals surface area contributed by atoms with E-state index in [0.29, 0.717) is 26.9 Å². The van der Waals surface area contributed by atoms with Gasteiger partial charge in [-0.15, -0.1) is 0 Å². The summed E-state index contributed by atoms with van der Waals surface area (Å²) in [6.07, 6.45) is 0. The van der Waals surface area contributed by atoms with Gasteiger partial charge in [0.15, 0.2) is 6.61 Å². The first-order valence-electron chi connectivity index (χ1n) is 11.3. The number of nitrogens with zero attached hydrogens (tertiary/aromatic N) is 1. The van der Waals surface area contributed by atoms with Crippen molar-refractivity contribution >= 4 is 52.5 Å². The number of H-pyrrole nitrogens is 1. The van der Waals surface area contributed by atoms with Crippen LogP contribution in [0.1, 0.15) is 21.9 Å². The number of aromatic nitrogens is 1. The van der Waals surface area contributed by atoms with E-state index >= 15 is 0 Å². The first-order valence-corrected chi connectivity index (χ1v) is 13.0. The van der Waals surface area contributed by atoms with Gasteiger partial charge in [-0.05, 0) is 25.1 Å². The molecule has 190 valence electrons. The quantitative estimate of drug-likeness (QED) is 0.388. The highest BCUT2D eigenvalue weighted by Crippen LogP contribution is 2.53. The van der Waals surface area contributed by atoms with Crippen molar-refractivity contribution in [2.75, 3.05) is 18.5 Å². The number of aromatic amines is 1. The van der Waals surface area contributed by atoms with Crippen LogP contribution in [0.3, 0.4) is 0 Å². The van der Waals surface area contributed by atoms with E-state index in [2.05, 4.69) is 10.3 Å². The first kappa shape index (κ1) is 24.8. The maximum atomic E-state index is 13.3. The van der Waals surface area contributed by atoms with Crippen molar-refractivity contribution in [2.24, 2.45) is 5.92 Å². The molecule has 2 aliphatic heterocycles. The SMILES string of the molecule is Cc1ccc(NC(=O)COc2ccccc2[C@@H]2c3sc(=O)[nH]c3SC3C(=O)N(CC(=O)O)C(=O)C32)cc1. The Hall–Kier alpha value is -3.90. The van der Waals surface area contributed by atoms with Crippen molar-refractivity contribution in [3.05, 3.63) is 74.2 Å². The van der Waals surface area contributed by atoms with Gasteiger partial charge in [0, 0.05) is 22.0 Å². The molecular weight excluding hydrogens is 518 g/mol. The van der Waals surface area contributed by atoms with Crippen molar-refractivity contribution < 1.29 is 29.0 Å². The lowest BCUT2D eigenvalue weighted by atomic mass is 9.82. The van der Waals surface area contributed by atoms with Crippen molar-refractivity contribution in [1.29, 1.82) is 0 Å². The van der Waals surface area contributed by atoms with E-state index in [1.807, 2.05) is 19.1 Å². The largest absolute Gasteiger partial charge is 0.483 e. The molecule has 0 saturated carbocycles. The molecule has 5 rings (SSSR count). The van der Waals surface area contributed by atoms with Crippen LogP contribution in [0.15, 0.2) is 58.4 Å². The molecule has 0 radical (unpaired) electrons. The Morgan fingerprint density at radius 2 is 1.81 bits per heavy atom. The number of carbonyl (C=O) groups excluding carboxylic acids is 3. The molecule has 2 unspecified atom stereocenters. The number of benzene rings is 2. The molecule has 0 aliphatic carbocycles. The number of ether oxygens (including phenoxy) is 1. The highest BCUT2D eigenvalue weighted by molar-refractivity contribution is 8.00. The Morgan fingerprint density at radius 1 is 1.08 bits per heavy atom. The van der Waals surface area contributed by atoms with Crippen molar-refractivity contribution in [3.63, 3.8) is 0 Å². The van der Waals surface area contributed by atoms with Gasteiger partial charge < -0.3 is 20.1 Å². The predicted octanol–water partition coefficient (Wildman–Crippen LogP) is 2.44. The third-order valence-electron chi connectivity index (χ3n) is 6.16. The Bertz CT molecular complexity index is 1460. The van der Waals surface area contributed by atoms with Gasteiger partial charge in [0.05, 0.1) is 10.9 Å². The summed E-state index contributed by atoms with van der Waals surface area (Å²) in [4.78, 5) is 66.1. The number of carboxylic acid groups (broad SMARTS) is 1. The van der Waals surface area contributed by atoms with Crippen molar-refractivity contribution in [1.82, 2.24) is 9.88 Å². The van der Waals surface area contributed by atoms with Crippen LogP contribution in [0.5, 0.6) is 5.75 Å². The van der Waals surface area contributed by atoms with Crippen molar-refractivity contribution in [2.45, 2.75) is 23.1 Å². The molecule has 0 spiro atoms. The van der Waals surface area contributed by atoms with Crippen LogP contribution < -0.4 is 14.9 Å². The Morgan fingerprint density at radius 3 is 2.54 bits per heavy atom. The van der Waals surface area contributed by atoms with Crippen LogP contribution in [0.4, 0.5) is 5.69 Å². The fourth-order valence-corrected chi connectivity index (χ4v) is 7.07. The number of para-hydroxylation sites is 1. The molecule has 0 bridgehead atoms. The second-order valence-corrected chi connectivity index (χ2v) is 10.8. The van der Waals surface area contributed by atoms with Crippen LogP contribution in [-0.2, 0) is 19.2 Å². The lowest BCUT2D eigenvalue weighted by molar-refractivity contribution is -0.149. The molecule has 2 aromatic carbocycles. The van der Waals surface area contributed by atoms with Crippen LogP contribution in [-0.4, -0.2) is 57.1 Å². The summed E-state index contributed by atoms with van der Waals surface area (Å²) in [6.45, 7) is 0.893. The number of hydrogen-bond acceptors (Lipinski definition) is 8. The number of aliphatic carboxylic acids is 1. The molecule has 3 atom stereocenters. The summed E-state index contributed by atoms with van der Waals surface area (Å²) >= 11 is 1.99. The fourth-order valence-electron chi connectivity index (χ4n) is 4.55. The monoisotopic (exact) mass is 539 g/mol. The number of likely N-dealkylation sites (tertiary alicyclic amines) is 1. The van der Waals surface area contributed by atoms with E-state index in [1.165, 1.54) is 0 Å². The van der Waals surface area contributed by atoms with Gasteiger partial charge >= 0.3 is 10.8 Å². The highest BCUT2D eigenvalue weighted by Gasteiger charge is 2.56. The minimum Gasteiger partial charge on any atom is -0.483 e. The zero-order chi connectivity index (χ0) is 26.3. The molecular formula is C25H21N3O7S2. The molecule has 3 heterocycles. The third-order valence-corrected chi connectivity index (χ3v) is 8.56. The Labute approximate surface area is 218 Å². The lowest BCUT2D eigenvalue weighted by Crippen LogP contribution is -2.36.